The molecule has 98 valence electrons. The largest absolute Gasteiger partial charge is 0.417 e. The first kappa shape index (κ1) is 14.7. The first-order chi connectivity index (χ1) is 8.38. The summed E-state index contributed by atoms with van der Waals surface area (Å²) in [6, 6.07) is 5.21. The van der Waals surface area contributed by atoms with Gasteiger partial charge >= 0.3 is 6.18 Å². The van der Waals surface area contributed by atoms with E-state index in [1.165, 1.54) is 12.1 Å². The van der Waals surface area contributed by atoms with Crippen molar-refractivity contribution in [3.8, 4) is 6.07 Å². The molecule has 1 unspecified atom stereocenters. The molecule has 0 saturated carbocycles. The number of nitriles is 1. The number of anilines is 1. The van der Waals surface area contributed by atoms with Crippen LogP contribution in [0.15, 0.2) is 18.2 Å². The summed E-state index contributed by atoms with van der Waals surface area (Å²) in [6.07, 6.45) is -2.57. The lowest BCUT2D eigenvalue weighted by molar-refractivity contribution is -0.137. The first-order valence-corrected chi connectivity index (χ1v) is 6.55. The van der Waals surface area contributed by atoms with E-state index in [0.717, 1.165) is 6.07 Å². The molecular formula is C12H13F3N2S. The summed E-state index contributed by atoms with van der Waals surface area (Å²) >= 11 is 1.62. The van der Waals surface area contributed by atoms with Crippen molar-refractivity contribution in [2.75, 3.05) is 18.1 Å². The SMILES string of the molecule is CSC(C)CNc1ccc(C#N)c(C(F)(F)F)c1. The molecule has 0 bridgehead atoms. The van der Waals surface area contributed by atoms with Gasteiger partial charge in [-0.1, -0.05) is 6.92 Å². The molecule has 1 atom stereocenters. The van der Waals surface area contributed by atoms with Crippen LogP contribution in [0.2, 0.25) is 0 Å². The molecular weight excluding hydrogens is 261 g/mol. The highest BCUT2D eigenvalue weighted by Crippen LogP contribution is 2.33. The topological polar surface area (TPSA) is 35.8 Å². The average Bonchev–Trinajstić information content (AvgIpc) is 2.34. The van der Waals surface area contributed by atoms with Gasteiger partial charge in [0.25, 0.3) is 0 Å². The van der Waals surface area contributed by atoms with Crippen LogP contribution < -0.4 is 5.32 Å². The molecule has 0 spiro atoms. The van der Waals surface area contributed by atoms with Gasteiger partial charge in [0.1, 0.15) is 0 Å². The van der Waals surface area contributed by atoms with Crippen LogP contribution in [0.4, 0.5) is 18.9 Å². The zero-order valence-corrected chi connectivity index (χ0v) is 10.8. The number of halogens is 3. The zero-order chi connectivity index (χ0) is 13.8. The molecule has 0 heterocycles. The van der Waals surface area contributed by atoms with Crippen molar-refractivity contribution in [3.05, 3.63) is 29.3 Å². The molecule has 0 aliphatic carbocycles. The van der Waals surface area contributed by atoms with E-state index in [-0.39, 0.29) is 5.56 Å². The van der Waals surface area contributed by atoms with Gasteiger partial charge in [0.15, 0.2) is 0 Å². The second-order valence-corrected chi connectivity index (χ2v) is 5.07. The van der Waals surface area contributed by atoms with Gasteiger partial charge in [0.2, 0.25) is 0 Å². The van der Waals surface area contributed by atoms with Gasteiger partial charge < -0.3 is 5.32 Å². The third-order valence-corrected chi connectivity index (χ3v) is 3.41. The number of rotatable bonds is 4. The van der Waals surface area contributed by atoms with Gasteiger partial charge in [0.05, 0.1) is 17.2 Å². The van der Waals surface area contributed by atoms with Crippen LogP contribution in [0, 0.1) is 11.3 Å². The lowest BCUT2D eigenvalue weighted by atomic mass is 10.1. The molecule has 0 aromatic heterocycles. The molecule has 1 aromatic carbocycles. The van der Waals surface area contributed by atoms with Crippen molar-refractivity contribution in [2.45, 2.75) is 18.3 Å². The molecule has 0 radical (unpaired) electrons. The Bertz CT molecular complexity index is 452. The lowest BCUT2D eigenvalue weighted by Gasteiger charge is -2.14. The van der Waals surface area contributed by atoms with Crippen LogP contribution in [0.25, 0.3) is 0 Å². The van der Waals surface area contributed by atoms with Crippen LogP contribution in [0.1, 0.15) is 18.1 Å². The fourth-order valence-corrected chi connectivity index (χ4v) is 1.58. The van der Waals surface area contributed by atoms with Gasteiger partial charge in [-0.15, -0.1) is 0 Å². The van der Waals surface area contributed by atoms with E-state index in [1.807, 2.05) is 13.2 Å². The number of hydrogen-bond acceptors (Lipinski definition) is 3. The Labute approximate surface area is 108 Å². The molecule has 1 rings (SSSR count). The van der Waals surface area contributed by atoms with Gasteiger partial charge in [-0.3, -0.25) is 0 Å². The number of benzene rings is 1. The summed E-state index contributed by atoms with van der Waals surface area (Å²) in [6.45, 7) is 2.55. The van der Waals surface area contributed by atoms with E-state index in [2.05, 4.69) is 5.32 Å². The summed E-state index contributed by atoms with van der Waals surface area (Å²) in [5.41, 5.74) is -0.875. The Morgan fingerprint density at radius 2 is 2.11 bits per heavy atom. The molecule has 18 heavy (non-hydrogen) atoms. The van der Waals surface area contributed by atoms with E-state index in [0.29, 0.717) is 17.5 Å². The van der Waals surface area contributed by atoms with Gasteiger partial charge in [-0.25, -0.2) is 0 Å². The van der Waals surface area contributed by atoms with Crippen molar-refractivity contribution in [2.24, 2.45) is 0 Å². The third-order valence-electron chi connectivity index (χ3n) is 2.44. The summed E-state index contributed by atoms with van der Waals surface area (Å²) in [5.74, 6) is 0. The highest BCUT2D eigenvalue weighted by atomic mass is 32.2. The summed E-state index contributed by atoms with van der Waals surface area (Å²) in [4.78, 5) is 0. The molecule has 1 N–H and O–H groups in total. The van der Waals surface area contributed by atoms with Gasteiger partial charge in [0, 0.05) is 17.5 Å². The van der Waals surface area contributed by atoms with Gasteiger partial charge in [-0.2, -0.15) is 30.2 Å². The minimum Gasteiger partial charge on any atom is -0.384 e. The van der Waals surface area contributed by atoms with E-state index in [1.54, 1.807) is 17.8 Å². The monoisotopic (exact) mass is 274 g/mol. The highest BCUT2D eigenvalue weighted by Gasteiger charge is 2.33. The predicted molar refractivity (Wildman–Crippen MR) is 67.6 cm³/mol. The summed E-state index contributed by atoms with van der Waals surface area (Å²) in [5, 5.41) is 11.9. The van der Waals surface area contributed by atoms with Crippen molar-refractivity contribution >= 4 is 17.4 Å². The Morgan fingerprint density at radius 3 is 2.61 bits per heavy atom. The summed E-state index contributed by atoms with van der Waals surface area (Å²) in [7, 11) is 0. The molecule has 1 aromatic rings. The van der Waals surface area contributed by atoms with E-state index >= 15 is 0 Å². The van der Waals surface area contributed by atoms with E-state index in [4.69, 9.17) is 5.26 Å². The molecule has 0 aliphatic heterocycles. The Morgan fingerprint density at radius 1 is 1.44 bits per heavy atom. The van der Waals surface area contributed by atoms with Crippen molar-refractivity contribution in [1.29, 1.82) is 5.26 Å². The number of thioether (sulfide) groups is 1. The Kier molecular flexibility index (Phi) is 4.91. The fourth-order valence-electron chi connectivity index (χ4n) is 1.33. The van der Waals surface area contributed by atoms with E-state index in [9.17, 15) is 13.2 Å². The first-order valence-electron chi connectivity index (χ1n) is 5.26. The maximum absolute atomic E-state index is 12.7. The number of nitrogens with zero attached hydrogens (tertiary/aromatic N) is 1. The Balaban J connectivity index is 2.94. The maximum atomic E-state index is 12.7. The molecule has 0 fully saturated rings. The van der Waals surface area contributed by atoms with Crippen molar-refractivity contribution in [1.82, 2.24) is 0 Å². The minimum atomic E-state index is -4.51. The molecule has 6 heteroatoms. The van der Waals surface area contributed by atoms with Crippen molar-refractivity contribution < 1.29 is 13.2 Å². The molecule has 2 nitrogen and oxygen atoms in total. The number of hydrogen-bond donors (Lipinski definition) is 1. The summed E-state index contributed by atoms with van der Waals surface area (Å²) < 4.78 is 38.1. The van der Waals surface area contributed by atoms with Gasteiger partial charge in [-0.05, 0) is 24.5 Å². The minimum absolute atomic E-state index is 0.301. The number of alkyl halides is 3. The van der Waals surface area contributed by atoms with Crippen LogP contribution in [-0.4, -0.2) is 18.1 Å². The Hall–Kier alpha value is -1.35. The smallest absolute Gasteiger partial charge is 0.384 e. The maximum Gasteiger partial charge on any atom is 0.417 e. The van der Waals surface area contributed by atoms with Crippen molar-refractivity contribution in [3.63, 3.8) is 0 Å². The second-order valence-electron chi connectivity index (χ2n) is 3.80. The fraction of sp³-hybridized carbons (Fsp3) is 0.417. The lowest BCUT2D eigenvalue weighted by Crippen LogP contribution is -2.14. The normalized spacial score (nSPS) is 12.9. The van der Waals surface area contributed by atoms with Crippen LogP contribution in [0.3, 0.4) is 0 Å². The third kappa shape index (κ3) is 3.84. The zero-order valence-electron chi connectivity index (χ0n) is 10.0. The second kappa shape index (κ2) is 6.01. The average molecular weight is 274 g/mol. The quantitative estimate of drug-likeness (QED) is 0.908. The highest BCUT2D eigenvalue weighted by molar-refractivity contribution is 7.99. The predicted octanol–water partition coefficient (Wildman–Crippen LogP) is 3.74. The van der Waals surface area contributed by atoms with Crippen LogP contribution in [0.5, 0.6) is 0 Å². The molecule has 0 aliphatic rings. The van der Waals surface area contributed by atoms with E-state index < -0.39 is 11.7 Å². The number of nitrogens with one attached hydrogen (secondary N) is 1. The van der Waals surface area contributed by atoms with Crippen LogP contribution >= 0.6 is 11.8 Å². The standard InChI is InChI=1S/C12H13F3N2S/c1-8(18-2)7-17-10-4-3-9(6-16)11(5-10)12(13,14)15/h3-5,8,17H,7H2,1-2H3. The molecule has 0 saturated heterocycles. The van der Waals surface area contributed by atoms with Crippen LogP contribution in [-0.2, 0) is 6.18 Å². The molecule has 0 amide bonds.